The summed E-state index contributed by atoms with van der Waals surface area (Å²) in [6.07, 6.45) is 2.11. The van der Waals surface area contributed by atoms with Crippen molar-refractivity contribution in [1.29, 1.82) is 0 Å². The summed E-state index contributed by atoms with van der Waals surface area (Å²) in [5.74, 6) is 1.10. The first-order valence-corrected chi connectivity index (χ1v) is 6.06. The molecule has 2 rings (SSSR count). The fourth-order valence-corrected chi connectivity index (χ4v) is 2.43. The van der Waals surface area contributed by atoms with E-state index in [4.69, 9.17) is 10.5 Å². The first kappa shape index (κ1) is 15.1. The second-order valence-corrected chi connectivity index (χ2v) is 4.51. The molecule has 1 atom stereocenters. The van der Waals surface area contributed by atoms with Crippen molar-refractivity contribution in [3.05, 3.63) is 23.8 Å². The van der Waals surface area contributed by atoms with Crippen molar-refractivity contribution in [3.8, 4) is 11.5 Å². The van der Waals surface area contributed by atoms with Crippen molar-refractivity contribution >= 4 is 12.4 Å². The summed E-state index contributed by atoms with van der Waals surface area (Å²) in [5.41, 5.74) is 7.04. The molecule has 0 radical (unpaired) electrons. The lowest BCUT2D eigenvalue weighted by atomic mass is 9.86. The van der Waals surface area contributed by atoms with Gasteiger partial charge >= 0.3 is 0 Å². The van der Waals surface area contributed by atoms with E-state index < -0.39 is 0 Å². The zero-order chi connectivity index (χ0) is 12.3. The summed E-state index contributed by atoms with van der Waals surface area (Å²) < 4.78 is 5.11. The van der Waals surface area contributed by atoms with Crippen LogP contribution >= 0.6 is 12.4 Å². The Morgan fingerprint density at radius 2 is 2.06 bits per heavy atom. The third-order valence-corrected chi connectivity index (χ3v) is 3.50. The zero-order valence-corrected chi connectivity index (χ0v) is 11.4. The summed E-state index contributed by atoms with van der Waals surface area (Å²) in [6.45, 7) is 2.01. The van der Waals surface area contributed by atoms with Gasteiger partial charge in [0.25, 0.3) is 0 Å². The molecule has 1 aromatic carbocycles. The number of hydrogen-bond acceptors (Lipinski definition) is 4. The van der Waals surface area contributed by atoms with Crippen LogP contribution in [0.3, 0.4) is 0 Å². The fourth-order valence-electron chi connectivity index (χ4n) is 2.43. The van der Waals surface area contributed by atoms with Gasteiger partial charge in [-0.3, -0.25) is 0 Å². The first-order chi connectivity index (χ1) is 8.24. The second-order valence-electron chi connectivity index (χ2n) is 4.51. The molecule has 1 aromatic rings. The van der Waals surface area contributed by atoms with Crippen molar-refractivity contribution in [2.75, 3.05) is 20.2 Å². The van der Waals surface area contributed by atoms with Gasteiger partial charge < -0.3 is 20.9 Å². The Hall–Kier alpha value is -0.970. The van der Waals surface area contributed by atoms with Crippen molar-refractivity contribution in [2.45, 2.75) is 18.9 Å². The van der Waals surface area contributed by atoms with Crippen LogP contribution in [-0.4, -0.2) is 25.3 Å². The van der Waals surface area contributed by atoms with Crippen LogP contribution in [0.25, 0.3) is 0 Å². The number of nitrogens with two attached hydrogens (primary N) is 1. The SMILES string of the molecule is COc1cccc([C@H](N)C2CCNCC2)c1O.Cl. The quantitative estimate of drug-likeness (QED) is 0.785. The van der Waals surface area contributed by atoms with Crippen LogP contribution in [0.4, 0.5) is 0 Å². The summed E-state index contributed by atoms with van der Waals surface area (Å²) in [7, 11) is 1.55. The predicted molar refractivity (Wildman–Crippen MR) is 74.4 cm³/mol. The number of methoxy groups -OCH3 is 1. The number of halogens is 1. The molecule has 1 fully saturated rings. The third-order valence-electron chi connectivity index (χ3n) is 3.50. The van der Waals surface area contributed by atoms with Gasteiger partial charge in [-0.1, -0.05) is 12.1 Å². The number of rotatable bonds is 3. The molecule has 4 nitrogen and oxygen atoms in total. The number of phenols is 1. The Labute approximate surface area is 114 Å². The Kier molecular flexibility index (Phi) is 5.72. The number of phenolic OH excluding ortho intramolecular Hbond substituents is 1. The van der Waals surface area contributed by atoms with Gasteiger partial charge in [-0.05, 0) is 37.9 Å². The molecule has 18 heavy (non-hydrogen) atoms. The molecule has 1 saturated heterocycles. The number of piperidine rings is 1. The maximum Gasteiger partial charge on any atom is 0.162 e. The Bertz CT molecular complexity index is 381. The smallest absolute Gasteiger partial charge is 0.162 e. The van der Waals surface area contributed by atoms with E-state index in [0.29, 0.717) is 11.7 Å². The van der Waals surface area contributed by atoms with Gasteiger partial charge in [-0.15, -0.1) is 12.4 Å². The van der Waals surface area contributed by atoms with Gasteiger partial charge in [0, 0.05) is 11.6 Å². The van der Waals surface area contributed by atoms with Crippen LogP contribution in [0.1, 0.15) is 24.4 Å². The molecule has 0 unspecified atom stereocenters. The number of hydrogen-bond donors (Lipinski definition) is 3. The Balaban J connectivity index is 0.00000162. The topological polar surface area (TPSA) is 67.5 Å². The molecule has 0 spiro atoms. The molecule has 0 amide bonds. The lowest BCUT2D eigenvalue weighted by Crippen LogP contribution is -2.33. The molecular weight excluding hydrogens is 252 g/mol. The van der Waals surface area contributed by atoms with Crippen LogP contribution in [0.2, 0.25) is 0 Å². The molecule has 102 valence electrons. The van der Waals surface area contributed by atoms with E-state index in [-0.39, 0.29) is 24.2 Å². The minimum Gasteiger partial charge on any atom is -0.504 e. The van der Waals surface area contributed by atoms with Crippen LogP contribution in [0, 0.1) is 5.92 Å². The molecule has 1 heterocycles. The van der Waals surface area contributed by atoms with Gasteiger partial charge in [0.1, 0.15) is 0 Å². The van der Waals surface area contributed by atoms with E-state index in [2.05, 4.69) is 5.32 Å². The van der Waals surface area contributed by atoms with Gasteiger partial charge in [-0.2, -0.15) is 0 Å². The molecule has 1 aliphatic heterocycles. The van der Waals surface area contributed by atoms with E-state index in [1.807, 2.05) is 12.1 Å². The number of benzene rings is 1. The van der Waals surface area contributed by atoms with Crippen LogP contribution in [0.5, 0.6) is 11.5 Å². The van der Waals surface area contributed by atoms with E-state index in [0.717, 1.165) is 31.5 Å². The number of ether oxygens (including phenoxy) is 1. The average molecular weight is 273 g/mol. The van der Waals surface area contributed by atoms with Gasteiger partial charge in [-0.25, -0.2) is 0 Å². The zero-order valence-electron chi connectivity index (χ0n) is 10.6. The van der Waals surface area contributed by atoms with E-state index in [1.54, 1.807) is 13.2 Å². The highest BCUT2D eigenvalue weighted by Crippen LogP contribution is 2.37. The van der Waals surface area contributed by atoms with Crippen LogP contribution in [0.15, 0.2) is 18.2 Å². The maximum atomic E-state index is 10.1. The predicted octanol–water partition coefficient (Wildman–Crippen LogP) is 1.82. The van der Waals surface area contributed by atoms with Crippen LogP contribution in [-0.2, 0) is 0 Å². The molecular formula is C13H21ClN2O2. The average Bonchev–Trinajstić information content (AvgIpc) is 2.39. The third kappa shape index (κ3) is 3.07. The molecule has 5 heteroatoms. The number of aromatic hydroxyl groups is 1. The molecule has 0 bridgehead atoms. The number of nitrogens with one attached hydrogen (secondary N) is 1. The monoisotopic (exact) mass is 272 g/mol. The number of para-hydroxylation sites is 1. The molecule has 0 saturated carbocycles. The largest absolute Gasteiger partial charge is 0.504 e. The molecule has 1 aliphatic rings. The van der Waals surface area contributed by atoms with E-state index in [1.165, 1.54) is 0 Å². The van der Waals surface area contributed by atoms with Gasteiger partial charge in [0.15, 0.2) is 11.5 Å². The summed E-state index contributed by atoms with van der Waals surface area (Å²) in [6, 6.07) is 5.38. The molecule has 0 aliphatic carbocycles. The highest BCUT2D eigenvalue weighted by molar-refractivity contribution is 5.85. The molecule has 4 N–H and O–H groups in total. The van der Waals surface area contributed by atoms with Crippen molar-refractivity contribution in [2.24, 2.45) is 11.7 Å². The molecule has 0 aromatic heterocycles. The second kappa shape index (κ2) is 6.83. The van der Waals surface area contributed by atoms with Gasteiger partial charge in [0.05, 0.1) is 7.11 Å². The van der Waals surface area contributed by atoms with Crippen molar-refractivity contribution in [3.63, 3.8) is 0 Å². The Morgan fingerprint density at radius 3 is 2.67 bits per heavy atom. The van der Waals surface area contributed by atoms with E-state index >= 15 is 0 Å². The highest BCUT2D eigenvalue weighted by Gasteiger charge is 2.24. The fraction of sp³-hybridized carbons (Fsp3) is 0.538. The highest BCUT2D eigenvalue weighted by atomic mass is 35.5. The summed E-state index contributed by atoms with van der Waals surface area (Å²) in [5, 5.41) is 13.4. The minimum atomic E-state index is -0.118. The summed E-state index contributed by atoms with van der Waals surface area (Å²) in [4.78, 5) is 0. The van der Waals surface area contributed by atoms with Crippen molar-refractivity contribution < 1.29 is 9.84 Å². The standard InChI is InChI=1S/C13H20N2O2.ClH/c1-17-11-4-2-3-10(13(11)16)12(14)9-5-7-15-8-6-9;/h2-4,9,12,15-16H,5-8,14H2,1H3;1H/t12-;/m1./s1. The maximum absolute atomic E-state index is 10.1. The van der Waals surface area contributed by atoms with E-state index in [9.17, 15) is 5.11 Å². The minimum absolute atomic E-state index is 0. The normalized spacial score (nSPS) is 17.9. The lowest BCUT2D eigenvalue weighted by Gasteiger charge is -2.28. The lowest BCUT2D eigenvalue weighted by molar-refractivity contribution is 0.311. The first-order valence-electron chi connectivity index (χ1n) is 6.06. The Morgan fingerprint density at radius 1 is 1.39 bits per heavy atom. The van der Waals surface area contributed by atoms with Gasteiger partial charge in [0.2, 0.25) is 0 Å². The van der Waals surface area contributed by atoms with Crippen molar-refractivity contribution in [1.82, 2.24) is 5.32 Å². The van der Waals surface area contributed by atoms with Crippen LogP contribution < -0.4 is 15.8 Å². The summed E-state index contributed by atoms with van der Waals surface area (Å²) >= 11 is 0.